The van der Waals surface area contributed by atoms with Crippen molar-refractivity contribution in [3.8, 4) is 11.5 Å². The molecular weight excluding hydrogens is 340 g/mol. The zero-order valence-electron chi connectivity index (χ0n) is 15.7. The molecule has 0 radical (unpaired) electrons. The second-order valence-corrected chi connectivity index (χ2v) is 6.81. The number of nitrogens with zero attached hydrogens (tertiary/aromatic N) is 1. The number of carbonyl (C=O) groups is 1. The normalized spacial score (nSPS) is 16.2. The highest BCUT2D eigenvalue weighted by molar-refractivity contribution is 5.83. The first-order chi connectivity index (χ1) is 13.2. The van der Waals surface area contributed by atoms with Crippen molar-refractivity contribution in [3.05, 3.63) is 59.3 Å². The number of amides is 1. The summed E-state index contributed by atoms with van der Waals surface area (Å²) in [7, 11) is 1.66. The number of ether oxygens (including phenoxy) is 2. The van der Waals surface area contributed by atoms with Crippen LogP contribution in [0.15, 0.2) is 42.6 Å². The van der Waals surface area contributed by atoms with E-state index in [0.717, 1.165) is 41.8 Å². The fraction of sp³-hybridized carbons (Fsp3) is 0.318. The molecule has 2 heterocycles. The first-order valence-electron chi connectivity index (χ1n) is 9.34. The third-order valence-electron chi connectivity index (χ3n) is 5.35. The summed E-state index contributed by atoms with van der Waals surface area (Å²) in [5, 5.41) is 1.20. The summed E-state index contributed by atoms with van der Waals surface area (Å²) in [5.41, 5.74) is 4.69. The molecular formula is C22H24N2O3. The molecule has 1 unspecified atom stereocenters. The number of carbonyl (C=O) groups excluding carboxylic acids is 1. The van der Waals surface area contributed by atoms with E-state index in [9.17, 15) is 4.79 Å². The minimum Gasteiger partial charge on any atom is -0.493 e. The molecule has 1 aliphatic rings. The summed E-state index contributed by atoms with van der Waals surface area (Å²) in [5.74, 6) is 1.48. The Morgan fingerprint density at radius 3 is 2.89 bits per heavy atom. The van der Waals surface area contributed by atoms with Crippen LogP contribution in [0.3, 0.4) is 0 Å². The molecule has 0 bridgehead atoms. The van der Waals surface area contributed by atoms with Crippen LogP contribution in [0.5, 0.6) is 11.5 Å². The van der Waals surface area contributed by atoms with Crippen molar-refractivity contribution in [1.29, 1.82) is 0 Å². The molecule has 0 saturated carbocycles. The van der Waals surface area contributed by atoms with Crippen molar-refractivity contribution in [2.24, 2.45) is 0 Å². The Hall–Kier alpha value is -2.95. The van der Waals surface area contributed by atoms with Gasteiger partial charge in [-0.2, -0.15) is 0 Å². The van der Waals surface area contributed by atoms with Gasteiger partial charge in [-0.3, -0.25) is 4.79 Å². The fourth-order valence-corrected chi connectivity index (χ4v) is 4.02. The summed E-state index contributed by atoms with van der Waals surface area (Å²) in [6.45, 7) is 3.24. The van der Waals surface area contributed by atoms with Crippen molar-refractivity contribution in [2.45, 2.75) is 25.8 Å². The number of rotatable bonds is 6. The van der Waals surface area contributed by atoms with Gasteiger partial charge >= 0.3 is 0 Å². The van der Waals surface area contributed by atoms with E-state index < -0.39 is 0 Å². The van der Waals surface area contributed by atoms with E-state index in [-0.39, 0.29) is 6.04 Å². The number of methoxy groups -OCH3 is 1. The quantitative estimate of drug-likeness (QED) is 0.676. The summed E-state index contributed by atoms with van der Waals surface area (Å²) >= 11 is 0. The maximum absolute atomic E-state index is 11.8. The van der Waals surface area contributed by atoms with Gasteiger partial charge in [-0.1, -0.05) is 18.2 Å². The van der Waals surface area contributed by atoms with E-state index in [1.807, 2.05) is 30.0 Å². The van der Waals surface area contributed by atoms with Crippen molar-refractivity contribution in [3.63, 3.8) is 0 Å². The summed E-state index contributed by atoms with van der Waals surface area (Å²) in [4.78, 5) is 17.0. The highest BCUT2D eigenvalue weighted by atomic mass is 16.5. The molecule has 2 aromatic carbocycles. The molecule has 27 heavy (non-hydrogen) atoms. The van der Waals surface area contributed by atoms with Gasteiger partial charge in [0.15, 0.2) is 11.5 Å². The second kappa shape index (κ2) is 7.35. The van der Waals surface area contributed by atoms with Gasteiger partial charge in [0.1, 0.15) is 0 Å². The molecule has 5 heteroatoms. The maximum atomic E-state index is 11.8. The number of hydrogen-bond donors (Lipinski definition) is 1. The largest absolute Gasteiger partial charge is 0.493 e. The first kappa shape index (κ1) is 17.5. The van der Waals surface area contributed by atoms with Gasteiger partial charge in [-0.05, 0) is 54.7 Å². The van der Waals surface area contributed by atoms with Gasteiger partial charge in [-0.25, -0.2) is 0 Å². The van der Waals surface area contributed by atoms with Crippen LogP contribution in [-0.4, -0.2) is 36.6 Å². The lowest BCUT2D eigenvalue weighted by Gasteiger charge is -2.35. The Kier molecular flexibility index (Phi) is 4.75. The smallest absolute Gasteiger partial charge is 0.210 e. The Morgan fingerprint density at radius 1 is 1.26 bits per heavy atom. The second-order valence-electron chi connectivity index (χ2n) is 6.81. The van der Waals surface area contributed by atoms with Gasteiger partial charge in [0.25, 0.3) is 0 Å². The van der Waals surface area contributed by atoms with Crippen LogP contribution in [0.2, 0.25) is 0 Å². The van der Waals surface area contributed by atoms with Crippen molar-refractivity contribution >= 4 is 17.3 Å². The molecule has 1 aromatic heterocycles. The average Bonchev–Trinajstić information content (AvgIpc) is 3.11. The number of hydrogen-bond acceptors (Lipinski definition) is 3. The minimum atomic E-state index is -0.0180. The number of fused-ring (bicyclic) bond motifs is 2. The molecule has 0 saturated heterocycles. The third-order valence-corrected chi connectivity index (χ3v) is 5.35. The molecule has 1 aliphatic heterocycles. The standard InChI is InChI=1S/C22H24N2O3/c1-3-27-22-12-18-15(11-21(22)26-2)8-9-24(14-25)20(18)10-16-13-23-19-7-5-4-6-17(16)19/h4-7,11-14,20,23H,3,8-10H2,1-2H3. The SMILES string of the molecule is CCOc1cc2c(cc1OC)CCN(C=O)C2Cc1c[nH]c2ccccc12. The van der Waals surface area contributed by atoms with E-state index in [0.29, 0.717) is 13.2 Å². The van der Waals surface area contributed by atoms with E-state index in [4.69, 9.17) is 9.47 Å². The van der Waals surface area contributed by atoms with Crippen molar-refractivity contribution in [2.75, 3.05) is 20.3 Å². The van der Waals surface area contributed by atoms with Crippen molar-refractivity contribution in [1.82, 2.24) is 9.88 Å². The van der Waals surface area contributed by atoms with Gasteiger partial charge in [0.05, 0.1) is 19.8 Å². The lowest BCUT2D eigenvalue weighted by Crippen LogP contribution is -2.35. The lowest BCUT2D eigenvalue weighted by atomic mass is 9.88. The molecule has 0 fully saturated rings. The molecule has 0 aliphatic carbocycles. The molecule has 1 N–H and O–H groups in total. The summed E-state index contributed by atoms with van der Waals surface area (Å²) in [6, 6.07) is 12.4. The highest BCUT2D eigenvalue weighted by Gasteiger charge is 2.29. The number of aromatic nitrogens is 1. The first-order valence-corrected chi connectivity index (χ1v) is 9.34. The van der Waals surface area contributed by atoms with Crippen LogP contribution >= 0.6 is 0 Å². The highest BCUT2D eigenvalue weighted by Crippen LogP contribution is 2.39. The molecule has 0 spiro atoms. The van der Waals surface area contributed by atoms with E-state index in [1.165, 1.54) is 16.5 Å². The van der Waals surface area contributed by atoms with Crippen LogP contribution in [0.25, 0.3) is 10.9 Å². The van der Waals surface area contributed by atoms with Gasteiger partial charge in [0, 0.05) is 23.6 Å². The molecule has 3 aromatic rings. The minimum absolute atomic E-state index is 0.0180. The number of H-pyrrole nitrogens is 1. The molecule has 5 nitrogen and oxygen atoms in total. The zero-order valence-corrected chi connectivity index (χ0v) is 15.7. The Bertz CT molecular complexity index is 963. The summed E-state index contributed by atoms with van der Waals surface area (Å²) < 4.78 is 11.3. The van der Waals surface area contributed by atoms with E-state index in [1.54, 1.807) is 7.11 Å². The monoisotopic (exact) mass is 364 g/mol. The van der Waals surface area contributed by atoms with Crippen LogP contribution in [0.1, 0.15) is 29.7 Å². The van der Waals surface area contributed by atoms with E-state index >= 15 is 0 Å². The Labute approximate surface area is 158 Å². The number of para-hydroxylation sites is 1. The third kappa shape index (κ3) is 3.14. The maximum Gasteiger partial charge on any atom is 0.210 e. The fourth-order valence-electron chi connectivity index (χ4n) is 4.02. The predicted molar refractivity (Wildman–Crippen MR) is 105 cm³/mol. The van der Waals surface area contributed by atoms with Crippen LogP contribution in [-0.2, 0) is 17.6 Å². The Balaban J connectivity index is 1.77. The van der Waals surface area contributed by atoms with Gasteiger partial charge in [0.2, 0.25) is 6.41 Å². The van der Waals surface area contributed by atoms with Gasteiger partial charge < -0.3 is 19.4 Å². The van der Waals surface area contributed by atoms with Gasteiger partial charge in [-0.15, -0.1) is 0 Å². The average molecular weight is 364 g/mol. The molecule has 4 rings (SSSR count). The van der Waals surface area contributed by atoms with Crippen LogP contribution < -0.4 is 9.47 Å². The number of nitrogens with one attached hydrogen (secondary N) is 1. The molecule has 1 amide bonds. The summed E-state index contributed by atoms with van der Waals surface area (Å²) in [6.07, 6.45) is 4.59. The van der Waals surface area contributed by atoms with E-state index in [2.05, 4.69) is 29.4 Å². The Morgan fingerprint density at radius 2 is 2.11 bits per heavy atom. The van der Waals surface area contributed by atoms with Crippen LogP contribution in [0, 0.1) is 0 Å². The topological polar surface area (TPSA) is 54.6 Å². The molecule has 1 atom stereocenters. The van der Waals surface area contributed by atoms with Crippen molar-refractivity contribution < 1.29 is 14.3 Å². The number of benzene rings is 2. The van der Waals surface area contributed by atoms with Crippen LogP contribution in [0.4, 0.5) is 0 Å². The zero-order chi connectivity index (χ0) is 18.8. The lowest BCUT2D eigenvalue weighted by molar-refractivity contribution is -0.120. The molecule has 140 valence electrons. The predicted octanol–water partition coefficient (Wildman–Crippen LogP) is 3.87. The number of aromatic amines is 1.